The Labute approximate surface area is 161 Å². The van der Waals surface area contributed by atoms with Gasteiger partial charge in [-0.1, -0.05) is 6.07 Å². The fourth-order valence-corrected chi connectivity index (χ4v) is 5.50. The number of aryl methyl sites for hydroxylation is 1. The minimum absolute atomic E-state index is 0.00319. The van der Waals surface area contributed by atoms with Gasteiger partial charge >= 0.3 is 6.61 Å². The molecule has 0 bridgehead atoms. The van der Waals surface area contributed by atoms with E-state index in [1.54, 1.807) is 18.2 Å². The molecule has 0 radical (unpaired) electrons. The van der Waals surface area contributed by atoms with E-state index in [1.165, 1.54) is 16.7 Å². The molecular weight excluding hydrogens is 390 g/mol. The number of aromatic amines is 1. The maximum atomic E-state index is 13.2. The zero-order valence-electron chi connectivity index (χ0n) is 15.0. The average Bonchev–Trinajstić information content (AvgIpc) is 3.22. The van der Waals surface area contributed by atoms with E-state index >= 15 is 0 Å². The molecule has 0 unspecified atom stereocenters. The Hall–Kier alpha value is -2.33. The molecule has 1 atom stereocenters. The van der Waals surface area contributed by atoms with Gasteiger partial charge in [0.25, 0.3) is 0 Å². The number of hydrogen-bond acceptors (Lipinski definition) is 5. The van der Waals surface area contributed by atoms with E-state index < -0.39 is 16.6 Å². The number of allylic oxidation sites excluding steroid dienone is 1. The topological polar surface area (TPSA) is 88.2 Å². The lowest BCUT2D eigenvalue weighted by molar-refractivity contribution is -0.0498. The van der Waals surface area contributed by atoms with Crippen molar-refractivity contribution in [2.75, 3.05) is 13.1 Å². The fraction of sp³-hybridized carbons (Fsp3) is 0.444. The minimum Gasteiger partial charge on any atom is -0.435 e. The van der Waals surface area contributed by atoms with Gasteiger partial charge in [0.15, 0.2) is 0 Å². The predicted molar refractivity (Wildman–Crippen MR) is 98.2 cm³/mol. The van der Waals surface area contributed by atoms with E-state index in [9.17, 15) is 17.2 Å². The molecule has 2 aromatic rings. The summed E-state index contributed by atoms with van der Waals surface area (Å²) < 4.78 is 57.0. The molecule has 1 fully saturated rings. The third-order valence-corrected chi connectivity index (χ3v) is 7.17. The number of hydrogen-bond donors (Lipinski definition) is 1. The Morgan fingerprint density at radius 2 is 2.14 bits per heavy atom. The highest BCUT2D eigenvalue weighted by atomic mass is 32.2. The second-order valence-electron chi connectivity index (χ2n) is 6.92. The summed E-state index contributed by atoms with van der Waals surface area (Å²) in [7, 11) is -3.60. The molecule has 4 rings (SSSR count). The Balaban J connectivity index is 1.55. The van der Waals surface area contributed by atoms with Crippen LogP contribution < -0.4 is 4.74 Å². The number of piperidine rings is 1. The maximum absolute atomic E-state index is 13.2. The molecule has 7 nitrogen and oxygen atoms in total. The van der Waals surface area contributed by atoms with Crippen molar-refractivity contribution in [2.45, 2.75) is 38.2 Å². The second kappa shape index (κ2) is 7.59. The van der Waals surface area contributed by atoms with Gasteiger partial charge in [-0.15, -0.1) is 0 Å². The van der Waals surface area contributed by atoms with Crippen LogP contribution in [0.4, 0.5) is 8.78 Å². The van der Waals surface area contributed by atoms with Crippen LogP contribution >= 0.6 is 0 Å². The number of nitrogens with zero attached hydrogens (tertiary/aromatic N) is 3. The Morgan fingerprint density at radius 1 is 1.29 bits per heavy atom. The SMILES string of the molecule is O=S(=O)(C1=Cc2ccc(OC(F)F)cc2CC1)N1CCC[C@@H](c2ncn[nH]2)C1. The third-order valence-electron chi connectivity index (χ3n) is 5.17. The highest BCUT2D eigenvalue weighted by Crippen LogP contribution is 2.34. The first-order valence-electron chi connectivity index (χ1n) is 9.07. The minimum atomic E-state index is -3.60. The number of H-pyrrole nitrogens is 1. The van der Waals surface area contributed by atoms with Crippen LogP contribution in [0.1, 0.15) is 42.1 Å². The summed E-state index contributed by atoms with van der Waals surface area (Å²) in [5, 5.41) is 6.68. The summed E-state index contributed by atoms with van der Waals surface area (Å²) in [6.07, 6.45) is 5.46. The molecule has 1 aliphatic heterocycles. The fourth-order valence-electron chi connectivity index (χ4n) is 3.78. The summed E-state index contributed by atoms with van der Waals surface area (Å²) in [6.45, 7) is -2.05. The lowest BCUT2D eigenvalue weighted by Crippen LogP contribution is -2.40. The van der Waals surface area contributed by atoms with E-state index in [-0.39, 0.29) is 11.7 Å². The first kappa shape index (κ1) is 19.0. The molecule has 1 aliphatic carbocycles. The zero-order valence-corrected chi connectivity index (χ0v) is 15.8. The third kappa shape index (κ3) is 3.79. The van der Waals surface area contributed by atoms with Crippen LogP contribution in [0, 0.1) is 0 Å². The van der Waals surface area contributed by atoms with Crippen molar-refractivity contribution in [3.05, 3.63) is 46.4 Å². The largest absolute Gasteiger partial charge is 0.435 e. The van der Waals surface area contributed by atoms with E-state index in [0.29, 0.717) is 36.7 Å². The van der Waals surface area contributed by atoms with Crippen molar-refractivity contribution >= 4 is 16.1 Å². The number of sulfonamides is 1. The molecule has 0 spiro atoms. The van der Waals surface area contributed by atoms with Gasteiger partial charge in [0.1, 0.15) is 17.9 Å². The van der Waals surface area contributed by atoms with Crippen LogP contribution in [0.5, 0.6) is 5.75 Å². The van der Waals surface area contributed by atoms with Crippen LogP contribution in [-0.2, 0) is 16.4 Å². The number of halogens is 2. The molecular formula is C18H20F2N4O3S. The standard InChI is InChI=1S/C18H20F2N4O3S/c19-18(20)27-15-5-3-13-9-16(6-4-12(13)8-15)28(25,26)24-7-1-2-14(10-24)17-21-11-22-23-17/h3,5,8-9,11,14,18H,1-2,4,6-7,10H2,(H,21,22,23)/t14-/m1/s1. The van der Waals surface area contributed by atoms with Gasteiger partial charge in [-0.3, -0.25) is 5.10 Å². The van der Waals surface area contributed by atoms with Gasteiger partial charge in [-0.25, -0.2) is 13.4 Å². The van der Waals surface area contributed by atoms with Crippen LogP contribution in [0.3, 0.4) is 0 Å². The number of nitrogens with one attached hydrogen (secondary N) is 1. The Morgan fingerprint density at radius 3 is 2.89 bits per heavy atom. The van der Waals surface area contributed by atoms with Gasteiger partial charge in [-0.05, 0) is 55.0 Å². The van der Waals surface area contributed by atoms with Crippen molar-refractivity contribution in [1.82, 2.24) is 19.5 Å². The van der Waals surface area contributed by atoms with Crippen molar-refractivity contribution in [3.63, 3.8) is 0 Å². The van der Waals surface area contributed by atoms with Gasteiger partial charge in [0, 0.05) is 19.0 Å². The molecule has 1 N–H and O–H groups in total. The predicted octanol–water partition coefficient (Wildman–Crippen LogP) is 2.90. The molecule has 28 heavy (non-hydrogen) atoms. The first-order valence-corrected chi connectivity index (χ1v) is 10.5. The number of fused-ring (bicyclic) bond motifs is 1. The summed E-state index contributed by atoms with van der Waals surface area (Å²) in [4.78, 5) is 4.51. The molecule has 1 aromatic heterocycles. The quantitative estimate of drug-likeness (QED) is 0.819. The number of alkyl halides is 2. The van der Waals surface area contributed by atoms with Crippen molar-refractivity contribution < 1.29 is 21.9 Å². The number of aromatic nitrogens is 3. The Bertz CT molecular complexity index is 977. The van der Waals surface area contributed by atoms with Gasteiger partial charge in [-0.2, -0.15) is 18.2 Å². The maximum Gasteiger partial charge on any atom is 0.387 e. The molecule has 0 amide bonds. The highest BCUT2D eigenvalue weighted by Gasteiger charge is 2.34. The normalized spacial score (nSPS) is 20.7. The van der Waals surface area contributed by atoms with Crippen molar-refractivity contribution in [1.29, 1.82) is 0 Å². The van der Waals surface area contributed by atoms with E-state index in [0.717, 1.165) is 24.0 Å². The van der Waals surface area contributed by atoms with Crippen molar-refractivity contribution in [3.8, 4) is 5.75 Å². The molecule has 1 saturated heterocycles. The summed E-state index contributed by atoms with van der Waals surface area (Å²) >= 11 is 0. The molecule has 2 heterocycles. The lowest BCUT2D eigenvalue weighted by Gasteiger charge is -2.32. The van der Waals surface area contributed by atoms with Crippen LogP contribution in [0.25, 0.3) is 6.08 Å². The lowest BCUT2D eigenvalue weighted by atomic mass is 9.97. The van der Waals surface area contributed by atoms with E-state index in [4.69, 9.17) is 0 Å². The van der Waals surface area contributed by atoms with Crippen LogP contribution in [0.15, 0.2) is 29.4 Å². The van der Waals surface area contributed by atoms with E-state index in [1.807, 2.05) is 0 Å². The van der Waals surface area contributed by atoms with Crippen LogP contribution in [0.2, 0.25) is 0 Å². The van der Waals surface area contributed by atoms with Crippen molar-refractivity contribution in [2.24, 2.45) is 0 Å². The second-order valence-corrected chi connectivity index (χ2v) is 8.91. The number of benzene rings is 1. The Kier molecular flexibility index (Phi) is 5.15. The summed E-state index contributed by atoms with van der Waals surface area (Å²) in [5.74, 6) is 0.783. The monoisotopic (exact) mass is 410 g/mol. The summed E-state index contributed by atoms with van der Waals surface area (Å²) in [6, 6.07) is 4.59. The molecule has 150 valence electrons. The molecule has 1 aromatic carbocycles. The molecule has 2 aliphatic rings. The average molecular weight is 410 g/mol. The van der Waals surface area contributed by atoms with Gasteiger partial charge in [0.2, 0.25) is 10.0 Å². The number of rotatable bonds is 5. The molecule has 10 heteroatoms. The van der Waals surface area contributed by atoms with Gasteiger partial charge in [0.05, 0.1) is 4.91 Å². The van der Waals surface area contributed by atoms with Gasteiger partial charge < -0.3 is 4.74 Å². The highest BCUT2D eigenvalue weighted by molar-refractivity contribution is 7.93. The zero-order chi connectivity index (χ0) is 19.7. The first-order chi connectivity index (χ1) is 13.4. The number of ether oxygens (including phenoxy) is 1. The smallest absolute Gasteiger partial charge is 0.387 e. The molecule has 0 saturated carbocycles. The van der Waals surface area contributed by atoms with Crippen LogP contribution in [-0.4, -0.2) is 47.6 Å². The summed E-state index contributed by atoms with van der Waals surface area (Å²) in [5.41, 5.74) is 1.52. The van der Waals surface area contributed by atoms with E-state index in [2.05, 4.69) is 19.9 Å².